The monoisotopic (exact) mass is 268 g/mol. The topological polar surface area (TPSA) is 74.6 Å². The first-order valence-electron chi connectivity index (χ1n) is 5.37. The second-order valence-electron chi connectivity index (χ2n) is 4.96. The minimum Gasteiger partial charge on any atom is -0.478 e. The van der Waals surface area contributed by atoms with Crippen molar-refractivity contribution in [3.05, 3.63) is 28.8 Å². The molecule has 0 aliphatic rings. The molecule has 4 nitrogen and oxygen atoms in total. The predicted molar refractivity (Wildman–Crippen MR) is 70.8 cm³/mol. The van der Waals surface area contributed by atoms with Gasteiger partial charge in [0.2, 0.25) is 0 Å². The van der Waals surface area contributed by atoms with Crippen LogP contribution in [0.1, 0.15) is 47.1 Å². The molecule has 0 atom stereocenters. The standard InChI is InChI=1S/C13H16O4S/c1-13(2,3)7-5-8(11(14)15)10(18-4)9(6-7)12(16)17/h5-6H,1-4H3,(H,14,15)(H,16,17). The van der Waals surface area contributed by atoms with Crippen LogP contribution in [0, 0.1) is 0 Å². The Morgan fingerprint density at radius 2 is 1.44 bits per heavy atom. The Morgan fingerprint density at radius 3 is 1.67 bits per heavy atom. The molecule has 0 spiro atoms. The first kappa shape index (κ1) is 14.6. The summed E-state index contributed by atoms with van der Waals surface area (Å²) in [6.45, 7) is 5.75. The minimum atomic E-state index is -1.10. The normalized spacial score (nSPS) is 11.3. The van der Waals surface area contributed by atoms with Gasteiger partial charge >= 0.3 is 11.9 Å². The largest absolute Gasteiger partial charge is 0.478 e. The molecule has 1 rings (SSSR count). The van der Waals surface area contributed by atoms with Crippen LogP contribution >= 0.6 is 11.8 Å². The van der Waals surface area contributed by atoms with Crippen molar-refractivity contribution < 1.29 is 19.8 Å². The quantitative estimate of drug-likeness (QED) is 0.824. The summed E-state index contributed by atoms with van der Waals surface area (Å²) < 4.78 is 0. The van der Waals surface area contributed by atoms with Crippen LogP contribution in [-0.4, -0.2) is 28.4 Å². The fourth-order valence-electron chi connectivity index (χ4n) is 1.60. The third-order valence-corrected chi connectivity index (χ3v) is 3.47. The molecular weight excluding hydrogens is 252 g/mol. The zero-order chi connectivity index (χ0) is 14.1. The van der Waals surface area contributed by atoms with Gasteiger partial charge in [-0.15, -0.1) is 11.8 Å². The molecule has 0 aliphatic carbocycles. The Balaban J connectivity index is 3.65. The summed E-state index contributed by atoms with van der Waals surface area (Å²) in [5.74, 6) is -2.21. The maximum Gasteiger partial charge on any atom is 0.336 e. The summed E-state index contributed by atoms with van der Waals surface area (Å²) in [4.78, 5) is 22.8. The zero-order valence-electron chi connectivity index (χ0n) is 10.8. The van der Waals surface area contributed by atoms with Gasteiger partial charge in [0.1, 0.15) is 0 Å². The van der Waals surface area contributed by atoms with Crippen LogP contribution in [0.2, 0.25) is 0 Å². The van der Waals surface area contributed by atoms with Gasteiger partial charge in [0.05, 0.1) is 11.1 Å². The van der Waals surface area contributed by atoms with Gasteiger partial charge in [-0.3, -0.25) is 0 Å². The van der Waals surface area contributed by atoms with Gasteiger partial charge in [-0.25, -0.2) is 9.59 Å². The minimum absolute atomic E-state index is 0.0484. The Morgan fingerprint density at radius 1 is 1.06 bits per heavy atom. The molecule has 5 heteroatoms. The molecule has 0 unspecified atom stereocenters. The van der Waals surface area contributed by atoms with E-state index in [0.717, 1.165) is 11.8 Å². The number of carboxylic acid groups (broad SMARTS) is 2. The smallest absolute Gasteiger partial charge is 0.336 e. The molecule has 98 valence electrons. The molecule has 1 aromatic carbocycles. The van der Waals surface area contributed by atoms with E-state index < -0.39 is 11.9 Å². The zero-order valence-corrected chi connectivity index (χ0v) is 11.6. The first-order chi connectivity index (χ1) is 8.18. The molecule has 18 heavy (non-hydrogen) atoms. The summed E-state index contributed by atoms with van der Waals surface area (Å²) in [5.41, 5.74) is 0.500. The molecule has 0 fully saturated rings. The molecule has 0 aromatic heterocycles. The molecule has 0 saturated carbocycles. The highest BCUT2D eigenvalue weighted by molar-refractivity contribution is 7.98. The Labute approximate surface area is 110 Å². The van der Waals surface area contributed by atoms with Crippen molar-refractivity contribution in [2.24, 2.45) is 0 Å². The van der Waals surface area contributed by atoms with Gasteiger partial charge in [-0.05, 0) is 29.4 Å². The van der Waals surface area contributed by atoms with E-state index in [1.165, 1.54) is 0 Å². The van der Waals surface area contributed by atoms with Crippen molar-refractivity contribution >= 4 is 23.7 Å². The highest BCUT2D eigenvalue weighted by Gasteiger charge is 2.23. The Bertz CT molecular complexity index is 465. The van der Waals surface area contributed by atoms with E-state index in [2.05, 4.69) is 0 Å². The SMILES string of the molecule is CSc1c(C(=O)O)cc(C(C)(C)C)cc1C(=O)O. The average Bonchev–Trinajstić information content (AvgIpc) is 2.25. The van der Waals surface area contributed by atoms with Crippen molar-refractivity contribution in [2.45, 2.75) is 31.1 Å². The lowest BCUT2D eigenvalue weighted by molar-refractivity contribution is 0.0690. The predicted octanol–water partition coefficient (Wildman–Crippen LogP) is 3.10. The van der Waals surface area contributed by atoms with Crippen LogP contribution < -0.4 is 0 Å². The van der Waals surface area contributed by atoms with E-state index in [9.17, 15) is 19.8 Å². The Kier molecular flexibility index (Phi) is 4.06. The maximum absolute atomic E-state index is 11.2. The highest BCUT2D eigenvalue weighted by atomic mass is 32.2. The second-order valence-corrected chi connectivity index (χ2v) is 5.78. The van der Waals surface area contributed by atoms with Gasteiger partial charge in [-0.2, -0.15) is 0 Å². The van der Waals surface area contributed by atoms with Crippen molar-refractivity contribution in [1.82, 2.24) is 0 Å². The van der Waals surface area contributed by atoms with E-state index in [0.29, 0.717) is 10.5 Å². The molecule has 0 bridgehead atoms. The molecule has 0 amide bonds. The van der Waals surface area contributed by atoms with Crippen LogP contribution in [-0.2, 0) is 5.41 Å². The Hall–Kier alpha value is -1.49. The summed E-state index contributed by atoms with van der Waals surface area (Å²) in [6.07, 6.45) is 1.67. The number of rotatable bonds is 3. The summed E-state index contributed by atoms with van der Waals surface area (Å²) in [5, 5.41) is 18.4. The molecule has 2 N–H and O–H groups in total. The number of benzene rings is 1. The van der Waals surface area contributed by atoms with Crippen LogP contribution in [0.15, 0.2) is 17.0 Å². The van der Waals surface area contributed by atoms with Gasteiger partial charge in [-0.1, -0.05) is 20.8 Å². The van der Waals surface area contributed by atoms with Gasteiger partial charge < -0.3 is 10.2 Å². The third kappa shape index (κ3) is 2.85. The fraction of sp³-hybridized carbons (Fsp3) is 0.385. The van der Waals surface area contributed by atoms with E-state index in [-0.39, 0.29) is 16.5 Å². The van der Waals surface area contributed by atoms with E-state index in [1.807, 2.05) is 20.8 Å². The van der Waals surface area contributed by atoms with Crippen LogP contribution in [0.25, 0.3) is 0 Å². The molecule has 0 heterocycles. The van der Waals surface area contributed by atoms with Crippen molar-refractivity contribution in [1.29, 1.82) is 0 Å². The number of hydrogen-bond donors (Lipinski definition) is 2. The molecule has 0 saturated heterocycles. The van der Waals surface area contributed by atoms with E-state index in [4.69, 9.17) is 0 Å². The molecule has 1 aromatic rings. The summed E-state index contributed by atoms with van der Waals surface area (Å²) in [6, 6.07) is 3.11. The van der Waals surface area contributed by atoms with Crippen LogP contribution in [0.3, 0.4) is 0 Å². The number of thioether (sulfide) groups is 1. The van der Waals surface area contributed by atoms with Gasteiger partial charge in [0.15, 0.2) is 0 Å². The van der Waals surface area contributed by atoms with Crippen molar-refractivity contribution in [3.8, 4) is 0 Å². The molecule has 0 radical (unpaired) electrons. The molecule has 0 aliphatic heterocycles. The summed E-state index contributed by atoms with van der Waals surface area (Å²) >= 11 is 1.14. The van der Waals surface area contributed by atoms with Crippen LogP contribution in [0.4, 0.5) is 0 Å². The first-order valence-corrected chi connectivity index (χ1v) is 6.60. The third-order valence-electron chi connectivity index (χ3n) is 2.62. The van der Waals surface area contributed by atoms with E-state index >= 15 is 0 Å². The number of carbonyl (C=O) groups is 2. The maximum atomic E-state index is 11.2. The summed E-state index contributed by atoms with van der Waals surface area (Å²) in [7, 11) is 0. The second kappa shape index (κ2) is 5.02. The number of hydrogen-bond acceptors (Lipinski definition) is 3. The lowest BCUT2D eigenvalue weighted by atomic mass is 9.85. The van der Waals surface area contributed by atoms with Crippen molar-refractivity contribution in [3.63, 3.8) is 0 Å². The van der Waals surface area contributed by atoms with Gasteiger partial charge in [0.25, 0.3) is 0 Å². The number of aromatic carboxylic acids is 2. The lowest BCUT2D eigenvalue weighted by Crippen LogP contribution is -2.16. The molecular formula is C13H16O4S. The lowest BCUT2D eigenvalue weighted by Gasteiger charge is -2.21. The van der Waals surface area contributed by atoms with Gasteiger partial charge in [0, 0.05) is 4.90 Å². The average molecular weight is 268 g/mol. The fourth-order valence-corrected chi connectivity index (χ4v) is 2.33. The van der Waals surface area contributed by atoms with Crippen LogP contribution in [0.5, 0.6) is 0 Å². The highest BCUT2D eigenvalue weighted by Crippen LogP contribution is 2.32. The van der Waals surface area contributed by atoms with Crippen molar-refractivity contribution in [2.75, 3.05) is 6.26 Å². The number of carboxylic acids is 2. The van der Waals surface area contributed by atoms with E-state index in [1.54, 1.807) is 18.4 Å².